The Balaban J connectivity index is 1.68. The van der Waals surface area contributed by atoms with Crippen molar-refractivity contribution in [1.82, 2.24) is 14.9 Å². The van der Waals surface area contributed by atoms with E-state index >= 15 is 0 Å². The molecule has 0 bridgehead atoms. The molecule has 1 fully saturated rings. The predicted octanol–water partition coefficient (Wildman–Crippen LogP) is 2.38. The summed E-state index contributed by atoms with van der Waals surface area (Å²) < 4.78 is 19.2. The van der Waals surface area contributed by atoms with Gasteiger partial charge in [-0.1, -0.05) is 12.1 Å². The Morgan fingerprint density at radius 2 is 2.07 bits per heavy atom. The molecule has 1 aliphatic rings. The number of benzene rings is 1. The van der Waals surface area contributed by atoms with Crippen LogP contribution in [0.25, 0.3) is 0 Å². The van der Waals surface area contributed by atoms with Crippen LogP contribution in [0.2, 0.25) is 0 Å². The Bertz CT molecular complexity index is 830. The number of hydrogen-bond donors (Lipinski definition) is 1. The van der Waals surface area contributed by atoms with E-state index in [2.05, 4.69) is 9.97 Å². The molecule has 3 rings (SSSR count). The number of likely N-dealkylation sites (tertiary alicyclic amines) is 1. The lowest BCUT2D eigenvalue weighted by molar-refractivity contribution is -0.134. The number of amides is 2. The van der Waals surface area contributed by atoms with Gasteiger partial charge in [-0.05, 0) is 25.0 Å². The molecule has 1 aromatic carbocycles. The van der Waals surface area contributed by atoms with E-state index in [1.165, 1.54) is 18.3 Å². The van der Waals surface area contributed by atoms with Crippen molar-refractivity contribution in [2.24, 2.45) is 5.73 Å². The largest absolute Gasteiger partial charge is 0.434 e. The van der Waals surface area contributed by atoms with Gasteiger partial charge in [-0.15, -0.1) is 0 Å². The van der Waals surface area contributed by atoms with Gasteiger partial charge in [-0.2, -0.15) is 0 Å². The van der Waals surface area contributed by atoms with Crippen molar-refractivity contribution in [3.8, 4) is 11.6 Å². The predicted molar refractivity (Wildman–Crippen MR) is 95.5 cm³/mol. The number of hydrogen-bond acceptors (Lipinski definition) is 5. The maximum atomic E-state index is 13.7. The lowest BCUT2D eigenvalue weighted by Crippen LogP contribution is -2.39. The van der Waals surface area contributed by atoms with Crippen LogP contribution >= 0.6 is 0 Å². The smallest absolute Gasteiger partial charge is 0.238 e. The Morgan fingerprint density at radius 1 is 1.26 bits per heavy atom. The van der Waals surface area contributed by atoms with Crippen LogP contribution in [0.15, 0.2) is 36.7 Å². The molecule has 142 valence electrons. The molecule has 0 aliphatic carbocycles. The van der Waals surface area contributed by atoms with Gasteiger partial charge in [0.1, 0.15) is 0 Å². The Morgan fingerprint density at radius 3 is 2.85 bits per heavy atom. The first-order valence-corrected chi connectivity index (χ1v) is 8.83. The van der Waals surface area contributed by atoms with Gasteiger partial charge in [0, 0.05) is 38.0 Å². The van der Waals surface area contributed by atoms with Gasteiger partial charge in [0.25, 0.3) is 0 Å². The number of halogens is 1. The normalized spacial score (nSPS) is 16.8. The molecule has 2 aromatic rings. The van der Waals surface area contributed by atoms with Crippen LogP contribution in [-0.2, 0) is 9.59 Å². The summed E-state index contributed by atoms with van der Waals surface area (Å²) >= 11 is 0. The molecule has 2 heterocycles. The summed E-state index contributed by atoms with van der Waals surface area (Å²) in [6.07, 6.45) is 4.91. The second kappa shape index (κ2) is 8.57. The lowest BCUT2D eigenvalue weighted by Gasteiger charge is -2.32. The van der Waals surface area contributed by atoms with E-state index in [9.17, 15) is 14.0 Å². The summed E-state index contributed by atoms with van der Waals surface area (Å²) in [5.41, 5.74) is 5.80. The number of nitrogens with two attached hydrogens (primary N) is 1. The topological polar surface area (TPSA) is 98.4 Å². The number of rotatable bonds is 6. The summed E-state index contributed by atoms with van der Waals surface area (Å²) in [5.74, 6) is -0.766. The van der Waals surface area contributed by atoms with Gasteiger partial charge in [0.05, 0.1) is 11.9 Å². The SMILES string of the molecule is NC(=O)CCC(=O)N1CCCC(c2cncc(Oc3ccccc3F)n2)C1. The molecule has 1 unspecified atom stereocenters. The van der Waals surface area contributed by atoms with E-state index < -0.39 is 11.7 Å². The molecule has 0 radical (unpaired) electrons. The van der Waals surface area contributed by atoms with E-state index in [1.807, 2.05) is 0 Å². The summed E-state index contributed by atoms with van der Waals surface area (Å²) in [6, 6.07) is 6.08. The van der Waals surface area contributed by atoms with Crippen molar-refractivity contribution in [2.45, 2.75) is 31.6 Å². The zero-order valence-electron chi connectivity index (χ0n) is 14.8. The lowest BCUT2D eigenvalue weighted by atomic mass is 9.94. The molecule has 1 aromatic heterocycles. The zero-order chi connectivity index (χ0) is 19.2. The Kier molecular flexibility index (Phi) is 5.95. The van der Waals surface area contributed by atoms with E-state index in [-0.39, 0.29) is 36.3 Å². The van der Waals surface area contributed by atoms with Gasteiger partial charge in [-0.3, -0.25) is 14.6 Å². The second-order valence-electron chi connectivity index (χ2n) is 6.46. The third-order valence-corrected chi connectivity index (χ3v) is 4.46. The Hall–Kier alpha value is -3.03. The molecule has 7 nitrogen and oxygen atoms in total. The summed E-state index contributed by atoms with van der Waals surface area (Å²) in [6.45, 7) is 1.14. The van der Waals surface area contributed by atoms with Crippen molar-refractivity contribution in [3.63, 3.8) is 0 Å². The van der Waals surface area contributed by atoms with Gasteiger partial charge in [-0.25, -0.2) is 9.37 Å². The molecule has 8 heteroatoms. The monoisotopic (exact) mass is 372 g/mol. The first-order chi connectivity index (χ1) is 13.0. The fourth-order valence-electron chi connectivity index (χ4n) is 3.08. The average molecular weight is 372 g/mol. The number of piperidine rings is 1. The van der Waals surface area contributed by atoms with Crippen molar-refractivity contribution < 1.29 is 18.7 Å². The molecular formula is C19H21FN4O3. The van der Waals surface area contributed by atoms with Gasteiger partial charge < -0.3 is 15.4 Å². The van der Waals surface area contributed by atoms with Gasteiger partial charge >= 0.3 is 0 Å². The number of para-hydroxylation sites is 1. The molecule has 0 spiro atoms. The standard InChI is InChI=1S/C19H21FN4O3/c20-14-5-1-2-6-16(14)27-18-11-22-10-15(23-18)13-4-3-9-24(12-13)19(26)8-7-17(21)25/h1-2,5-6,10-11,13H,3-4,7-9,12H2,(H2,21,25). The van der Waals surface area contributed by atoms with E-state index in [0.29, 0.717) is 18.8 Å². The fraction of sp³-hybridized carbons (Fsp3) is 0.368. The van der Waals surface area contributed by atoms with Crippen molar-refractivity contribution in [3.05, 3.63) is 48.2 Å². The maximum Gasteiger partial charge on any atom is 0.238 e. The summed E-state index contributed by atoms with van der Waals surface area (Å²) in [5, 5.41) is 0. The minimum absolute atomic E-state index is 0.00736. The molecule has 1 aliphatic heterocycles. The van der Waals surface area contributed by atoms with Gasteiger partial charge in [0.15, 0.2) is 11.6 Å². The molecular weight excluding hydrogens is 351 g/mol. The van der Waals surface area contributed by atoms with Crippen molar-refractivity contribution in [1.29, 1.82) is 0 Å². The van der Waals surface area contributed by atoms with E-state index in [0.717, 1.165) is 12.8 Å². The van der Waals surface area contributed by atoms with Crippen LogP contribution in [0.4, 0.5) is 4.39 Å². The van der Waals surface area contributed by atoms with E-state index in [1.54, 1.807) is 23.2 Å². The van der Waals surface area contributed by atoms with Crippen LogP contribution in [0.5, 0.6) is 11.6 Å². The number of primary amides is 1. The summed E-state index contributed by atoms with van der Waals surface area (Å²) in [7, 11) is 0. The second-order valence-corrected chi connectivity index (χ2v) is 6.46. The quantitative estimate of drug-likeness (QED) is 0.839. The number of ether oxygens (including phenoxy) is 1. The molecule has 1 saturated heterocycles. The van der Waals surface area contributed by atoms with Crippen molar-refractivity contribution >= 4 is 11.8 Å². The Labute approximate surface area is 156 Å². The number of carbonyl (C=O) groups excluding carboxylic acids is 2. The average Bonchev–Trinajstić information content (AvgIpc) is 2.68. The highest BCUT2D eigenvalue weighted by Gasteiger charge is 2.26. The van der Waals surface area contributed by atoms with Crippen LogP contribution in [0, 0.1) is 5.82 Å². The van der Waals surface area contributed by atoms with Crippen molar-refractivity contribution in [2.75, 3.05) is 13.1 Å². The van der Waals surface area contributed by atoms with Crippen LogP contribution in [-0.4, -0.2) is 39.8 Å². The summed E-state index contributed by atoms with van der Waals surface area (Å²) in [4.78, 5) is 33.4. The fourth-order valence-corrected chi connectivity index (χ4v) is 3.08. The molecule has 2 amide bonds. The van der Waals surface area contributed by atoms with Crippen LogP contribution in [0.3, 0.4) is 0 Å². The molecule has 1 atom stereocenters. The first kappa shape index (κ1) is 18.8. The van der Waals surface area contributed by atoms with E-state index in [4.69, 9.17) is 10.5 Å². The number of nitrogens with zero attached hydrogens (tertiary/aromatic N) is 3. The first-order valence-electron chi connectivity index (χ1n) is 8.83. The molecule has 2 N–H and O–H groups in total. The molecule has 27 heavy (non-hydrogen) atoms. The highest BCUT2D eigenvalue weighted by atomic mass is 19.1. The number of aromatic nitrogens is 2. The van der Waals surface area contributed by atoms with Crippen LogP contribution < -0.4 is 10.5 Å². The third-order valence-electron chi connectivity index (χ3n) is 4.46. The maximum absolute atomic E-state index is 13.7. The van der Waals surface area contributed by atoms with Crippen LogP contribution in [0.1, 0.15) is 37.3 Å². The minimum atomic E-state index is -0.485. The number of carbonyl (C=O) groups is 2. The third kappa shape index (κ3) is 4.99. The molecule has 0 saturated carbocycles. The van der Waals surface area contributed by atoms with Gasteiger partial charge in [0.2, 0.25) is 17.7 Å². The highest BCUT2D eigenvalue weighted by Crippen LogP contribution is 2.28. The highest BCUT2D eigenvalue weighted by molar-refractivity contribution is 5.83. The zero-order valence-corrected chi connectivity index (χ0v) is 14.8. The minimum Gasteiger partial charge on any atom is -0.434 e.